The Kier molecular flexibility index (Phi) is 7.08. The highest BCUT2D eigenvalue weighted by atomic mass is 32.2. The SMILES string of the molecule is C=CCN(CC(=O)c1cc(C)n(-c2ccc(S(N)(=O)=O)cc2)c1C)Cc1ccccc1F. The fourth-order valence-electron chi connectivity index (χ4n) is 3.75. The van der Waals surface area contributed by atoms with Crippen LogP contribution in [0.15, 0.2) is 72.1 Å². The topological polar surface area (TPSA) is 85.4 Å². The second-order valence-electron chi connectivity index (χ2n) is 7.63. The van der Waals surface area contributed by atoms with E-state index in [1.54, 1.807) is 42.5 Å². The van der Waals surface area contributed by atoms with E-state index < -0.39 is 10.0 Å². The van der Waals surface area contributed by atoms with Gasteiger partial charge in [0.25, 0.3) is 0 Å². The van der Waals surface area contributed by atoms with Crippen molar-refractivity contribution in [1.82, 2.24) is 9.47 Å². The fourth-order valence-corrected chi connectivity index (χ4v) is 4.27. The highest BCUT2D eigenvalue weighted by molar-refractivity contribution is 7.89. The summed E-state index contributed by atoms with van der Waals surface area (Å²) in [6.45, 7) is 8.29. The molecule has 0 radical (unpaired) electrons. The molecule has 3 rings (SSSR count). The zero-order valence-electron chi connectivity index (χ0n) is 18.1. The summed E-state index contributed by atoms with van der Waals surface area (Å²) in [5.41, 5.74) is 3.36. The number of primary sulfonamides is 1. The molecule has 168 valence electrons. The second-order valence-corrected chi connectivity index (χ2v) is 9.19. The van der Waals surface area contributed by atoms with Crippen molar-refractivity contribution in [2.45, 2.75) is 25.3 Å². The Balaban J connectivity index is 1.85. The summed E-state index contributed by atoms with van der Waals surface area (Å²) >= 11 is 0. The van der Waals surface area contributed by atoms with Crippen molar-refractivity contribution < 1.29 is 17.6 Å². The molecule has 0 aliphatic heterocycles. The Morgan fingerprint density at radius 3 is 2.41 bits per heavy atom. The van der Waals surface area contributed by atoms with Gasteiger partial charge >= 0.3 is 0 Å². The summed E-state index contributed by atoms with van der Waals surface area (Å²) in [7, 11) is -3.78. The van der Waals surface area contributed by atoms with Gasteiger partial charge in [0.05, 0.1) is 11.4 Å². The molecule has 1 heterocycles. The van der Waals surface area contributed by atoms with Crippen LogP contribution in [0.3, 0.4) is 0 Å². The minimum atomic E-state index is -3.78. The van der Waals surface area contributed by atoms with Crippen LogP contribution in [0.25, 0.3) is 5.69 Å². The highest BCUT2D eigenvalue weighted by Gasteiger charge is 2.20. The van der Waals surface area contributed by atoms with E-state index in [0.717, 1.165) is 17.1 Å². The zero-order valence-corrected chi connectivity index (χ0v) is 18.9. The molecule has 1 aromatic heterocycles. The third kappa shape index (κ3) is 5.21. The molecule has 0 spiro atoms. The molecule has 0 aliphatic rings. The number of ketones is 1. The Morgan fingerprint density at radius 1 is 1.16 bits per heavy atom. The number of nitrogens with two attached hydrogens (primary N) is 1. The van der Waals surface area contributed by atoms with Crippen LogP contribution in [0.1, 0.15) is 27.3 Å². The molecular weight excluding hydrogens is 429 g/mol. The molecule has 0 atom stereocenters. The highest BCUT2D eigenvalue weighted by Crippen LogP contribution is 2.23. The molecule has 2 aromatic carbocycles. The van der Waals surface area contributed by atoms with Gasteiger partial charge in [-0.2, -0.15) is 0 Å². The van der Waals surface area contributed by atoms with E-state index in [-0.39, 0.29) is 29.6 Å². The van der Waals surface area contributed by atoms with Crippen LogP contribution in [0.2, 0.25) is 0 Å². The van der Waals surface area contributed by atoms with Gasteiger partial charge in [-0.25, -0.2) is 17.9 Å². The first-order valence-corrected chi connectivity index (χ1v) is 11.6. The Bertz CT molecular complexity index is 1250. The summed E-state index contributed by atoms with van der Waals surface area (Å²) in [6.07, 6.45) is 1.68. The normalized spacial score (nSPS) is 11.7. The Hall–Kier alpha value is -3.07. The maximum atomic E-state index is 14.1. The first kappa shape index (κ1) is 23.6. The summed E-state index contributed by atoms with van der Waals surface area (Å²) in [4.78, 5) is 15.0. The average molecular weight is 456 g/mol. The third-order valence-corrected chi connectivity index (χ3v) is 6.19. The molecule has 0 bridgehead atoms. The average Bonchev–Trinajstić information content (AvgIpc) is 3.03. The van der Waals surface area contributed by atoms with Crippen molar-refractivity contribution in [3.63, 3.8) is 0 Å². The maximum Gasteiger partial charge on any atom is 0.238 e. The molecule has 8 heteroatoms. The second kappa shape index (κ2) is 9.60. The number of halogens is 1. The Morgan fingerprint density at radius 2 is 1.81 bits per heavy atom. The van der Waals surface area contributed by atoms with Crippen molar-refractivity contribution >= 4 is 15.8 Å². The van der Waals surface area contributed by atoms with E-state index in [2.05, 4.69) is 6.58 Å². The van der Waals surface area contributed by atoms with Gasteiger partial charge in [-0.1, -0.05) is 24.3 Å². The van der Waals surface area contributed by atoms with E-state index in [0.29, 0.717) is 17.7 Å². The van der Waals surface area contributed by atoms with Crippen molar-refractivity contribution in [3.8, 4) is 5.69 Å². The Labute approximate surface area is 187 Å². The molecule has 0 saturated carbocycles. The maximum absolute atomic E-state index is 14.1. The standard InChI is InChI=1S/C24H26FN3O3S/c1-4-13-27(15-19-7-5-6-8-23(19)25)16-24(29)22-14-17(2)28(18(22)3)20-9-11-21(12-10-20)32(26,30)31/h4-12,14H,1,13,15-16H2,2-3H3,(H2,26,30,31). The van der Waals surface area contributed by atoms with Gasteiger partial charge in [-0.15, -0.1) is 6.58 Å². The van der Waals surface area contributed by atoms with Crippen LogP contribution in [0.5, 0.6) is 0 Å². The molecule has 2 N–H and O–H groups in total. The lowest BCUT2D eigenvalue weighted by atomic mass is 10.1. The third-order valence-electron chi connectivity index (χ3n) is 5.26. The zero-order chi connectivity index (χ0) is 23.5. The molecule has 6 nitrogen and oxygen atoms in total. The predicted molar refractivity (Wildman–Crippen MR) is 123 cm³/mol. The molecule has 0 unspecified atom stereocenters. The number of rotatable bonds is 9. The van der Waals surface area contributed by atoms with Gasteiger partial charge in [0.2, 0.25) is 10.0 Å². The molecule has 3 aromatic rings. The van der Waals surface area contributed by atoms with Crippen LogP contribution in [-0.2, 0) is 16.6 Å². The quantitative estimate of drug-likeness (QED) is 0.393. The molecule has 0 aliphatic carbocycles. The van der Waals surface area contributed by atoms with Crippen molar-refractivity contribution in [2.24, 2.45) is 5.14 Å². The number of hydrogen-bond donors (Lipinski definition) is 1. The lowest BCUT2D eigenvalue weighted by molar-refractivity contribution is 0.0932. The molecule has 32 heavy (non-hydrogen) atoms. The van der Waals surface area contributed by atoms with Crippen LogP contribution >= 0.6 is 0 Å². The predicted octanol–water partition coefficient (Wildman–Crippen LogP) is 3.75. The number of Topliss-reactive ketones (excluding diaryl/α,β-unsaturated/α-hetero) is 1. The first-order chi connectivity index (χ1) is 15.1. The minimum Gasteiger partial charge on any atom is -0.318 e. The molecule has 0 amide bonds. The van der Waals surface area contributed by atoms with E-state index in [1.165, 1.54) is 18.2 Å². The van der Waals surface area contributed by atoms with Gasteiger partial charge in [-0.05, 0) is 50.2 Å². The van der Waals surface area contributed by atoms with Gasteiger partial charge in [0.1, 0.15) is 5.82 Å². The number of carbonyl (C=O) groups excluding carboxylic acids is 1. The van der Waals surface area contributed by atoms with Crippen LogP contribution in [-0.4, -0.2) is 36.8 Å². The first-order valence-electron chi connectivity index (χ1n) is 10.0. The smallest absolute Gasteiger partial charge is 0.238 e. The van der Waals surface area contributed by atoms with Crippen LogP contribution in [0.4, 0.5) is 4.39 Å². The number of benzene rings is 2. The monoisotopic (exact) mass is 455 g/mol. The number of nitrogens with zero attached hydrogens (tertiary/aromatic N) is 2. The van der Waals surface area contributed by atoms with E-state index in [9.17, 15) is 17.6 Å². The van der Waals surface area contributed by atoms with E-state index >= 15 is 0 Å². The van der Waals surface area contributed by atoms with Crippen molar-refractivity contribution in [2.75, 3.05) is 13.1 Å². The number of carbonyl (C=O) groups is 1. The van der Waals surface area contributed by atoms with Gasteiger partial charge < -0.3 is 4.57 Å². The van der Waals surface area contributed by atoms with E-state index in [4.69, 9.17) is 5.14 Å². The van der Waals surface area contributed by atoms with Gasteiger partial charge in [0.15, 0.2) is 5.78 Å². The lowest BCUT2D eigenvalue weighted by Gasteiger charge is -2.20. The summed E-state index contributed by atoms with van der Waals surface area (Å²) in [5, 5.41) is 5.17. The van der Waals surface area contributed by atoms with Crippen molar-refractivity contribution in [1.29, 1.82) is 0 Å². The van der Waals surface area contributed by atoms with Crippen LogP contribution < -0.4 is 5.14 Å². The lowest BCUT2D eigenvalue weighted by Crippen LogP contribution is -2.30. The fraction of sp³-hybridized carbons (Fsp3) is 0.208. The molecule has 0 fully saturated rings. The number of hydrogen-bond acceptors (Lipinski definition) is 4. The van der Waals surface area contributed by atoms with Crippen LogP contribution in [0, 0.1) is 19.7 Å². The van der Waals surface area contributed by atoms with Gasteiger partial charge in [0, 0.05) is 41.3 Å². The number of sulfonamides is 1. The number of aromatic nitrogens is 1. The minimum absolute atomic E-state index is 0.0215. The summed E-state index contributed by atoms with van der Waals surface area (Å²) < 4.78 is 39.0. The summed E-state index contributed by atoms with van der Waals surface area (Å²) in [6, 6.07) is 14.5. The number of aryl methyl sites for hydroxylation is 1. The molecule has 0 saturated heterocycles. The summed E-state index contributed by atoms with van der Waals surface area (Å²) in [5.74, 6) is -0.404. The van der Waals surface area contributed by atoms with E-state index in [1.807, 2.05) is 23.3 Å². The van der Waals surface area contributed by atoms with Crippen molar-refractivity contribution in [3.05, 3.63) is 95.6 Å². The van der Waals surface area contributed by atoms with Gasteiger partial charge in [-0.3, -0.25) is 9.69 Å². The largest absolute Gasteiger partial charge is 0.318 e. The molecular formula is C24H26FN3O3S.